The van der Waals surface area contributed by atoms with Crippen LogP contribution in [-0.2, 0) is 11.3 Å². The maximum Gasteiger partial charge on any atom is 0.0826 e. The SMILES string of the molecule is CNCC1CN(Cc2cncc(C)c2)CCO1. The maximum atomic E-state index is 5.69. The Morgan fingerprint density at radius 3 is 3.18 bits per heavy atom. The zero-order valence-electron chi connectivity index (χ0n) is 10.6. The second kappa shape index (κ2) is 6.10. The molecule has 4 nitrogen and oxygen atoms in total. The second-order valence-corrected chi connectivity index (χ2v) is 4.66. The quantitative estimate of drug-likeness (QED) is 0.838. The van der Waals surface area contributed by atoms with Crippen LogP contribution in [0.25, 0.3) is 0 Å². The molecule has 1 saturated heterocycles. The first-order valence-corrected chi connectivity index (χ1v) is 6.17. The molecule has 2 rings (SSSR count). The summed E-state index contributed by atoms with van der Waals surface area (Å²) in [6.07, 6.45) is 4.16. The first-order valence-electron chi connectivity index (χ1n) is 6.17. The van der Waals surface area contributed by atoms with Crippen LogP contribution in [0.2, 0.25) is 0 Å². The van der Waals surface area contributed by atoms with E-state index in [9.17, 15) is 0 Å². The summed E-state index contributed by atoms with van der Waals surface area (Å²) >= 11 is 0. The van der Waals surface area contributed by atoms with E-state index in [0.717, 1.165) is 32.8 Å². The van der Waals surface area contributed by atoms with Gasteiger partial charge in [0.1, 0.15) is 0 Å². The van der Waals surface area contributed by atoms with Crippen LogP contribution >= 0.6 is 0 Å². The number of hydrogen-bond donors (Lipinski definition) is 1. The molecule has 1 unspecified atom stereocenters. The summed E-state index contributed by atoms with van der Waals surface area (Å²) in [5.41, 5.74) is 2.51. The van der Waals surface area contributed by atoms with Gasteiger partial charge in [0.25, 0.3) is 0 Å². The van der Waals surface area contributed by atoms with Crippen molar-refractivity contribution in [2.45, 2.75) is 19.6 Å². The van der Waals surface area contributed by atoms with E-state index in [1.54, 1.807) is 0 Å². The van der Waals surface area contributed by atoms with Crippen LogP contribution in [0.1, 0.15) is 11.1 Å². The van der Waals surface area contributed by atoms with Crippen molar-refractivity contribution < 1.29 is 4.74 Å². The van der Waals surface area contributed by atoms with E-state index in [0.29, 0.717) is 6.10 Å². The average molecular weight is 235 g/mol. The second-order valence-electron chi connectivity index (χ2n) is 4.66. The number of rotatable bonds is 4. The van der Waals surface area contributed by atoms with Crippen LogP contribution in [0.3, 0.4) is 0 Å². The Morgan fingerprint density at radius 1 is 1.53 bits per heavy atom. The minimum atomic E-state index is 0.312. The van der Waals surface area contributed by atoms with Crippen molar-refractivity contribution in [2.24, 2.45) is 0 Å². The first kappa shape index (κ1) is 12.5. The summed E-state index contributed by atoms with van der Waals surface area (Å²) in [5, 5.41) is 3.17. The number of nitrogens with one attached hydrogen (secondary N) is 1. The molecule has 1 aliphatic heterocycles. The van der Waals surface area contributed by atoms with Gasteiger partial charge in [-0.05, 0) is 25.1 Å². The lowest BCUT2D eigenvalue weighted by Gasteiger charge is -2.32. The van der Waals surface area contributed by atoms with Crippen molar-refractivity contribution in [3.63, 3.8) is 0 Å². The van der Waals surface area contributed by atoms with Gasteiger partial charge in [-0.3, -0.25) is 9.88 Å². The molecule has 1 aromatic heterocycles. The third kappa shape index (κ3) is 3.77. The molecule has 0 amide bonds. The summed E-state index contributed by atoms with van der Waals surface area (Å²) in [6, 6.07) is 2.20. The van der Waals surface area contributed by atoms with Gasteiger partial charge in [0.05, 0.1) is 12.7 Å². The molecule has 0 aromatic carbocycles. The molecule has 0 spiro atoms. The Bertz CT molecular complexity index is 354. The largest absolute Gasteiger partial charge is 0.374 e. The van der Waals surface area contributed by atoms with E-state index in [1.165, 1.54) is 11.1 Å². The van der Waals surface area contributed by atoms with Gasteiger partial charge < -0.3 is 10.1 Å². The standard InChI is InChI=1S/C13H21N3O/c1-11-5-12(7-15-6-11)9-16-3-4-17-13(10-16)8-14-2/h5-7,13-14H,3-4,8-10H2,1-2H3. The normalized spacial score (nSPS) is 21.6. The van der Waals surface area contributed by atoms with Gasteiger partial charge in [-0.25, -0.2) is 0 Å². The number of hydrogen-bond acceptors (Lipinski definition) is 4. The van der Waals surface area contributed by atoms with Gasteiger partial charge in [-0.2, -0.15) is 0 Å². The Labute approximate surface area is 103 Å². The lowest BCUT2D eigenvalue weighted by atomic mass is 10.2. The Hall–Kier alpha value is -0.970. The number of morpholine rings is 1. The summed E-state index contributed by atoms with van der Waals surface area (Å²) < 4.78 is 5.69. The zero-order valence-corrected chi connectivity index (χ0v) is 10.6. The maximum absolute atomic E-state index is 5.69. The molecular formula is C13H21N3O. The van der Waals surface area contributed by atoms with Crippen LogP contribution in [-0.4, -0.2) is 49.3 Å². The highest BCUT2D eigenvalue weighted by molar-refractivity contribution is 5.16. The lowest BCUT2D eigenvalue weighted by Crippen LogP contribution is -2.45. The van der Waals surface area contributed by atoms with Crippen molar-refractivity contribution in [3.8, 4) is 0 Å². The van der Waals surface area contributed by atoms with Crippen LogP contribution in [0, 0.1) is 6.92 Å². The van der Waals surface area contributed by atoms with Crippen LogP contribution in [0.5, 0.6) is 0 Å². The fourth-order valence-electron chi connectivity index (χ4n) is 2.24. The molecule has 1 aromatic rings. The molecule has 0 bridgehead atoms. The highest BCUT2D eigenvalue weighted by Crippen LogP contribution is 2.10. The van der Waals surface area contributed by atoms with E-state index in [-0.39, 0.29) is 0 Å². The number of nitrogens with zero attached hydrogens (tertiary/aromatic N) is 2. The van der Waals surface area contributed by atoms with E-state index in [2.05, 4.69) is 28.2 Å². The zero-order chi connectivity index (χ0) is 12.1. The van der Waals surface area contributed by atoms with E-state index < -0.39 is 0 Å². The number of ether oxygens (including phenoxy) is 1. The number of pyridine rings is 1. The highest BCUT2D eigenvalue weighted by Gasteiger charge is 2.19. The Kier molecular flexibility index (Phi) is 4.48. The van der Waals surface area contributed by atoms with Crippen molar-refractivity contribution in [1.29, 1.82) is 0 Å². The molecule has 4 heteroatoms. The predicted molar refractivity (Wildman–Crippen MR) is 67.9 cm³/mol. The number of aromatic nitrogens is 1. The smallest absolute Gasteiger partial charge is 0.0826 e. The fourth-order valence-corrected chi connectivity index (χ4v) is 2.24. The average Bonchev–Trinajstić information content (AvgIpc) is 2.30. The molecule has 1 N–H and O–H groups in total. The predicted octanol–water partition coefficient (Wildman–Crippen LogP) is 0.810. The molecule has 1 atom stereocenters. The van der Waals surface area contributed by atoms with Gasteiger partial charge in [0, 0.05) is 38.6 Å². The third-order valence-electron chi connectivity index (χ3n) is 2.99. The summed E-state index contributed by atoms with van der Waals surface area (Å²) in [6.45, 7) is 6.80. The van der Waals surface area contributed by atoms with E-state index in [4.69, 9.17) is 4.74 Å². The summed E-state index contributed by atoms with van der Waals surface area (Å²) in [5.74, 6) is 0. The van der Waals surface area contributed by atoms with Crippen LogP contribution < -0.4 is 5.32 Å². The molecule has 1 aliphatic rings. The molecule has 0 radical (unpaired) electrons. The van der Waals surface area contributed by atoms with Crippen molar-refractivity contribution in [1.82, 2.24) is 15.2 Å². The number of likely N-dealkylation sites (N-methyl/N-ethyl adjacent to an activating group) is 1. The van der Waals surface area contributed by atoms with Crippen molar-refractivity contribution >= 4 is 0 Å². The van der Waals surface area contributed by atoms with E-state index in [1.807, 2.05) is 19.4 Å². The van der Waals surface area contributed by atoms with Gasteiger partial charge >= 0.3 is 0 Å². The molecule has 0 aliphatic carbocycles. The highest BCUT2D eigenvalue weighted by atomic mass is 16.5. The van der Waals surface area contributed by atoms with Gasteiger partial charge in [-0.15, -0.1) is 0 Å². The Morgan fingerprint density at radius 2 is 2.41 bits per heavy atom. The summed E-state index contributed by atoms with van der Waals surface area (Å²) in [7, 11) is 1.97. The topological polar surface area (TPSA) is 37.4 Å². The van der Waals surface area contributed by atoms with Crippen molar-refractivity contribution in [3.05, 3.63) is 29.6 Å². The Balaban J connectivity index is 1.90. The minimum absolute atomic E-state index is 0.312. The molecule has 17 heavy (non-hydrogen) atoms. The summed E-state index contributed by atoms with van der Waals surface area (Å²) in [4.78, 5) is 6.67. The van der Waals surface area contributed by atoms with Gasteiger partial charge in [0.2, 0.25) is 0 Å². The first-order chi connectivity index (χ1) is 8.28. The lowest BCUT2D eigenvalue weighted by molar-refractivity contribution is -0.0291. The van der Waals surface area contributed by atoms with Crippen LogP contribution in [0.15, 0.2) is 18.5 Å². The third-order valence-corrected chi connectivity index (χ3v) is 2.99. The van der Waals surface area contributed by atoms with Crippen molar-refractivity contribution in [2.75, 3.05) is 33.3 Å². The molecular weight excluding hydrogens is 214 g/mol. The van der Waals surface area contributed by atoms with Crippen LogP contribution in [0.4, 0.5) is 0 Å². The molecule has 1 fully saturated rings. The fraction of sp³-hybridized carbons (Fsp3) is 0.615. The minimum Gasteiger partial charge on any atom is -0.374 e. The molecule has 2 heterocycles. The molecule has 0 saturated carbocycles. The van der Waals surface area contributed by atoms with Gasteiger partial charge in [-0.1, -0.05) is 6.07 Å². The number of aryl methyl sites for hydroxylation is 1. The monoisotopic (exact) mass is 235 g/mol. The van der Waals surface area contributed by atoms with E-state index >= 15 is 0 Å². The molecule has 94 valence electrons. The van der Waals surface area contributed by atoms with Gasteiger partial charge in [0.15, 0.2) is 0 Å².